The number of hydrogen-bond donors (Lipinski definition) is 1. The molecule has 2 aromatic carbocycles. The maximum Gasteiger partial charge on any atom is 0.271 e. The number of nitrogens with zero attached hydrogens (tertiary/aromatic N) is 1. The van der Waals surface area contributed by atoms with Gasteiger partial charge in [0.15, 0.2) is 6.10 Å². The molecule has 0 heterocycles. The molecule has 2 aromatic rings. The number of nitro groups is 1. The number of benzene rings is 2. The van der Waals surface area contributed by atoms with Crippen molar-refractivity contribution in [1.29, 1.82) is 0 Å². The van der Waals surface area contributed by atoms with Crippen molar-refractivity contribution in [3.63, 3.8) is 0 Å². The van der Waals surface area contributed by atoms with E-state index in [1.54, 1.807) is 0 Å². The number of halogens is 1. The molecule has 1 unspecified atom stereocenters. The van der Waals surface area contributed by atoms with Crippen LogP contribution in [0.15, 0.2) is 36.4 Å². The number of carbonyl (C=O) groups excluding carboxylic acids is 1. The van der Waals surface area contributed by atoms with Crippen LogP contribution >= 0.6 is 0 Å². The summed E-state index contributed by atoms with van der Waals surface area (Å²) in [5.74, 6) is -0.773. The van der Waals surface area contributed by atoms with Gasteiger partial charge >= 0.3 is 0 Å². The average Bonchev–Trinajstić information content (AvgIpc) is 2.52. The van der Waals surface area contributed by atoms with E-state index in [2.05, 4.69) is 5.32 Å². The third-order valence-electron chi connectivity index (χ3n) is 3.49. The van der Waals surface area contributed by atoms with Gasteiger partial charge in [-0.25, -0.2) is 4.39 Å². The van der Waals surface area contributed by atoms with E-state index in [0.29, 0.717) is 5.75 Å². The maximum absolute atomic E-state index is 13.7. The summed E-state index contributed by atoms with van der Waals surface area (Å²) in [5.41, 5.74) is 1.17. The predicted octanol–water partition coefficient (Wildman–Crippen LogP) is 3.76. The normalized spacial score (nSPS) is 11.7. The molecule has 0 radical (unpaired) electrons. The number of anilines is 1. The van der Waals surface area contributed by atoms with E-state index in [-0.39, 0.29) is 11.4 Å². The van der Waals surface area contributed by atoms with Gasteiger partial charge in [-0.2, -0.15) is 0 Å². The summed E-state index contributed by atoms with van der Waals surface area (Å²) in [6, 6.07) is 8.52. The first-order valence-corrected chi connectivity index (χ1v) is 7.27. The minimum absolute atomic E-state index is 0.258. The highest BCUT2D eigenvalue weighted by atomic mass is 19.1. The van der Waals surface area contributed by atoms with Crippen molar-refractivity contribution in [3.8, 4) is 5.75 Å². The fourth-order valence-corrected chi connectivity index (χ4v) is 2.17. The van der Waals surface area contributed by atoms with Crippen LogP contribution in [0.4, 0.5) is 15.8 Å². The second kappa shape index (κ2) is 7.08. The lowest BCUT2D eigenvalue weighted by atomic mass is 10.1. The van der Waals surface area contributed by atoms with E-state index >= 15 is 0 Å². The number of nitro benzene ring substituents is 1. The molecule has 0 aliphatic heterocycles. The second-order valence-corrected chi connectivity index (χ2v) is 5.39. The number of rotatable bonds is 5. The highest BCUT2D eigenvalue weighted by Gasteiger charge is 2.19. The molecule has 6 nitrogen and oxygen atoms in total. The van der Waals surface area contributed by atoms with Crippen LogP contribution in [0, 0.1) is 29.8 Å². The van der Waals surface area contributed by atoms with Crippen molar-refractivity contribution in [2.45, 2.75) is 26.9 Å². The summed E-state index contributed by atoms with van der Waals surface area (Å²) >= 11 is 0. The molecule has 0 fully saturated rings. The van der Waals surface area contributed by atoms with Gasteiger partial charge < -0.3 is 10.1 Å². The van der Waals surface area contributed by atoms with Crippen LogP contribution in [-0.2, 0) is 4.79 Å². The Hall–Kier alpha value is -2.96. The number of ether oxygens (including phenoxy) is 1. The lowest BCUT2D eigenvalue weighted by Crippen LogP contribution is -2.31. The summed E-state index contributed by atoms with van der Waals surface area (Å²) < 4.78 is 19.4. The largest absolute Gasteiger partial charge is 0.480 e. The van der Waals surface area contributed by atoms with Crippen LogP contribution in [0.25, 0.3) is 0 Å². The predicted molar refractivity (Wildman–Crippen MR) is 87.7 cm³/mol. The smallest absolute Gasteiger partial charge is 0.271 e. The Labute approximate surface area is 138 Å². The van der Waals surface area contributed by atoms with Crippen molar-refractivity contribution in [1.82, 2.24) is 0 Å². The van der Waals surface area contributed by atoms with Gasteiger partial charge in [0, 0.05) is 12.1 Å². The number of hydrogen-bond acceptors (Lipinski definition) is 4. The zero-order valence-electron chi connectivity index (χ0n) is 13.5. The molecule has 0 aliphatic carbocycles. The van der Waals surface area contributed by atoms with Gasteiger partial charge in [-0.1, -0.05) is 18.2 Å². The number of non-ortho nitro benzene ring substituents is 1. The first-order valence-electron chi connectivity index (χ1n) is 7.27. The van der Waals surface area contributed by atoms with Crippen LogP contribution in [-0.4, -0.2) is 16.9 Å². The fraction of sp³-hybridized carbons (Fsp3) is 0.235. The highest BCUT2D eigenvalue weighted by molar-refractivity contribution is 5.94. The molecule has 0 aromatic heterocycles. The average molecular weight is 332 g/mol. The number of amides is 1. The van der Waals surface area contributed by atoms with E-state index in [1.807, 2.05) is 32.0 Å². The molecule has 24 heavy (non-hydrogen) atoms. The summed E-state index contributed by atoms with van der Waals surface area (Å²) in [6.07, 6.45) is -0.900. The van der Waals surface area contributed by atoms with Crippen LogP contribution < -0.4 is 10.1 Å². The van der Waals surface area contributed by atoms with Gasteiger partial charge in [-0.3, -0.25) is 14.9 Å². The minimum atomic E-state index is -0.900. The van der Waals surface area contributed by atoms with Gasteiger partial charge in [0.25, 0.3) is 11.6 Å². The van der Waals surface area contributed by atoms with Gasteiger partial charge in [-0.05, 0) is 38.0 Å². The second-order valence-electron chi connectivity index (χ2n) is 5.39. The zero-order valence-corrected chi connectivity index (χ0v) is 13.5. The Bertz CT molecular complexity index is 772. The molecule has 1 amide bonds. The summed E-state index contributed by atoms with van der Waals surface area (Å²) in [7, 11) is 0. The first-order chi connectivity index (χ1) is 11.3. The Kier molecular flexibility index (Phi) is 5.13. The number of carbonyl (C=O) groups is 1. The van der Waals surface area contributed by atoms with E-state index in [0.717, 1.165) is 29.3 Å². The highest BCUT2D eigenvalue weighted by Crippen LogP contribution is 2.25. The van der Waals surface area contributed by atoms with Crippen molar-refractivity contribution in [2.24, 2.45) is 0 Å². The lowest BCUT2D eigenvalue weighted by Gasteiger charge is -2.18. The number of aryl methyl sites for hydroxylation is 2. The third-order valence-corrected chi connectivity index (χ3v) is 3.49. The zero-order chi connectivity index (χ0) is 17.9. The van der Waals surface area contributed by atoms with E-state index < -0.39 is 22.8 Å². The van der Waals surface area contributed by atoms with Crippen LogP contribution in [0.5, 0.6) is 5.75 Å². The number of nitrogens with one attached hydrogen (secondary N) is 1. The van der Waals surface area contributed by atoms with E-state index in [1.165, 1.54) is 6.92 Å². The monoisotopic (exact) mass is 332 g/mol. The van der Waals surface area contributed by atoms with Crippen molar-refractivity contribution < 1.29 is 18.8 Å². The Morgan fingerprint density at radius 1 is 1.25 bits per heavy atom. The molecule has 0 bridgehead atoms. The Balaban J connectivity index is 2.15. The van der Waals surface area contributed by atoms with Crippen LogP contribution in [0.1, 0.15) is 18.1 Å². The quantitative estimate of drug-likeness (QED) is 0.668. The summed E-state index contributed by atoms with van der Waals surface area (Å²) in [6.45, 7) is 5.23. The molecule has 0 saturated heterocycles. The summed E-state index contributed by atoms with van der Waals surface area (Å²) in [4.78, 5) is 22.3. The van der Waals surface area contributed by atoms with Crippen molar-refractivity contribution >= 4 is 17.3 Å². The minimum Gasteiger partial charge on any atom is -0.480 e. The molecule has 0 spiro atoms. The topological polar surface area (TPSA) is 81.5 Å². The molecule has 0 saturated carbocycles. The molecule has 0 aliphatic rings. The van der Waals surface area contributed by atoms with Crippen molar-refractivity contribution in [3.05, 3.63) is 63.5 Å². The van der Waals surface area contributed by atoms with E-state index in [9.17, 15) is 19.3 Å². The molecule has 2 rings (SSSR count). The van der Waals surface area contributed by atoms with Crippen LogP contribution in [0.2, 0.25) is 0 Å². The van der Waals surface area contributed by atoms with Gasteiger partial charge in [0.2, 0.25) is 0 Å². The van der Waals surface area contributed by atoms with Crippen molar-refractivity contribution in [2.75, 3.05) is 5.32 Å². The third kappa shape index (κ3) is 3.87. The Morgan fingerprint density at radius 2 is 1.88 bits per heavy atom. The Morgan fingerprint density at radius 3 is 2.46 bits per heavy atom. The first kappa shape index (κ1) is 17.4. The molecule has 1 N–H and O–H groups in total. The number of para-hydroxylation sites is 1. The van der Waals surface area contributed by atoms with Gasteiger partial charge in [0.1, 0.15) is 11.6 Å². The molecule has 7 heteroatoms. The fourth-order valence-electron chi connectivity index (χ4n) is 2.17. The summed E-state index contributed by atoms with van der Waals surface area (Å²) in [5, 5.41) is 13.1. The molecular formula is C17H17FN2O4. The van der Waals surface area contributed by atoms with Gasteiger partial charge in [-0.15, -0.1) is 0 Å². The van der Waals surface area contributed by atoms with Crippen LogP contribution in [0.3, 0.4) is 0 Å². The van der Waals surface area contributed by atoms with E-state index in [4.69, 9.17) is 4.74 Å². The standard InChI is InChI=1S/C17H17FN2O4/c1-10-5-4-6-11(2)16(10)24-12(3)17(21)19-15-9-13(20(22)23)7-8-14(15)18/h4-9,12H,1-3H3,(H,19,21). The molecule has 1 atom stereocenters. The lowest BCUT2D eigenvalue weighted by molar-refractivity contribution is -0.384. The maximum atomic E-state index is 13.7. The van der Waals surface area contributed by atoms with Gasteiger partial charge in [0.05, 0.1) is 10.6 Å². The SMILES string of the molecule is Cc1cccc(C)c1OC(C)C(=O)Nc1cc([N+](=O)[O-])ccc1F. The molecule has 126 valence electrons. The molecular weight excluding hydrogens is 315 g/mol.